The van der Waals surface area contributed by atoms with E-state index in [1.807, 2.05) is 50.5 Å². The normalized spacial score (nSPS) is 11.7. The fourth-order valence-electron chi connectivity index (χ4n) is 1.24. The van der Waals surface area contributed by atoms with Gasteiger partial charge in [-0.3, -0.25) is 4.90 Å². The molecule has 1 heteroatoms. The SMILES string of the molecule is C=CC[C@H](C#Cc1ccccc1)N(C)C. The predicted octanol–water partition coefficient (Wildman–Crippen LogP) is 2.54. The third kappa shape index (κ3) is 4.01. The molecule has 0 saturated heterocycles. The molecule has 0 aromatic heterocycles. The Labute approximate surface area is 92.4 Å². The van der Waals surface area contributed by atoms with Gasteiger partial charge in [0, 0.05) is 5.56 Å². The summed E-state index contributed by atoms with van der Waals surface area (Å²) in [6.45, 7) is 3.74. The van der Waals surface area contributed by atoms with Crippen LogP contribution in [0.15, 0.2) is 43.0 Å². The second-order valence-corrected chi connectivity index (χ2v) is 3.64. The summed E-state index contributed by atoms with van der Waals surface area (Å²) in [7, 11) is 4.07. The molecule has 1 aromatic rings. The monoisotopic (exact) mass is 199 g/mol. The summed E-state index contributed by atoms with van der Waals surface area (Å²) in [4.78, 5) is 2.11. The average molecular weight is 199 g/mol. The topological polar surface area (TPSA) is 3.24 Å². The summed E-state index contributed by atoms with van der Waals surface area (Å²) in [5.74, 6) is 6.41. The fraction of sp³-hybridized carbons (Fsp3) is 0.286. The molecule has 0 aliphatic rings. The first-order chi connectivity index (χ1) is 7.24. The standard InChI is InChI=1S/C14H17N/c1-4-8-14(15(2)3)12-11-13-9-6-5-7-10-13/h4-7,9-10,14H,1,8H2,2-3H3/t14-/m1/s1. The van der Waals surface area contributed by atoms with Crippen molar-refractivity contribution < 1.29 is 0 Å². The number of hydrogen-bond donors (Lipinski definition) is 0. The second-order valence-electron chi connectivity index (χ2n) is 3.64. The summed E-state index contributed by atoms with van der Waals surface area (Å²) in [5, 5.41) is 0. The molecular formula is C14H17N. The number of benzene rings is 1. The zero-order chi connectivity index (χ0) is 11.1. The van der Waals surface area contributed by atoms with Gasteiger partial charge in [-0.15, -0.1) is 6.58 Å². The first kappa shape index (κ1) is 11.6. The highest BCUT2D eigenvalue weighted by atomic mass is 15.1. The van der Waals surface area contributed by atoms with Gasteiger partial charge in [-0.05, 0) is 32.6 Å². The van der Waals surface area contributed by atoms with E-state index in [-0.39, 0.29) is 6.04 Å². The van der Waals surface area contributed by atoms with Crippen LogP contribution in [-0.2, 0) is 0 Å². The smallest absolute Gasteiger partial charge is 0.0748 e. The molecule has 0 fully saturated rings. The van der Waals surface area contributed by atoms with Crippen LogP contribution in [0.1, 0.15) is 12.0 Å². The minimum atomic E-state index is 0.253. The highest BCUT2D eigenvalue weighted by Crippen LogP contribution is 2.00. The van der Waals surface area contributed by atoms with E-state index in [0.717, 1.165) is 12.0 Å². The van der Waals surface area contributed by atoms with E-state index >= 15 is 0 Å². The molecule has 0 spiro atoms. The molecule has 0 unspecified atom stereocenters. The minimum Gasteiger partial charge on any atom is -0.296 e. The zero-order valence-electron chi connectivity index (χ0n) is 9.40. The van der Waals surface area contributed by atoms with Gasteiger partial charge in [0.15, 0.2) is 0 Å². The molecule has 0 bridgehead atoms. The van der Waals surface area contributed by atoms with Gasteiger partial charge in [0.1, 0.15) is 0 Å². The molecular weight excluding hydrogens is 182 g/mol. The van der Waals surface area contributed by atoms with Crippen molar-refractivity contribution in [2.24, 2.45) is 0 Å². The highest BCUT2D eigenvalue weighted by Gasteiger charge is 2.03. The van der Waals surface area contributed by atoms with Crippen LogP contribution in [0.4, 0.5) is 0 Å². The van der Waals surface area contributed by atoms with Crippen molar-refractivity contribution in [2.75, 3.05) is 14.1 Å². The molecule has 15 heavy (non-hydrogen) atoms. The molecule has 1 rings (SSSR count). The van der Waals surface area contributed by atoms with Gasteiger partial charge in [-0.2, -0.15) is 0 Å². The molecule has 1 nitrogen and oxygen atoms in total. The van der Waals surface area contributed by atoms with Gasteiger partial charge in [-0.1, -0.05) is 36.1 Å². The molecule has 1 aromatic carbocycles. The first-order valence-corrected chi connectivity index (χ1v) is 5.08. The molecule has 0 saturated carbocycles. The maximum atomic E-state index is 3.74. The van der Waals surface area contributed by atoms with E-state index in [0.29, 0.717) is 0 Å². The molecule has 0 aliphatic carbocycles. The van der Waals surface area contributed by atoms with Crippen molar-refractivity contribution in [2.45, 2.75) is 12.5 Å². The third-order valence-corrected chi connectivity index (χ3v) is 2.17. The second kappa shape index (κ2) is 6.06. The summed E-state index contributed by atoms with van der Waals surface area (Å²) < 4.78 is 0. The van der Waals surface area contributed by atoms with Crippen molar-refractivity contribution in [3.05, 3.63) is 48.6 Å². The highest BCUT2D eigenvalue weighted by molar-refractivity contribution is 5.34. The van der Waals surface area contributed by atoms with E-state index in [9.17, 15) is 0 Å². The largest absolute Gasteiger partial charge is 0.296 e. The first-order valence-electron chi connectivity index (χ1n) is 5.08. The molecule has 1 atom stereocenters. The Morgan fingerprint density at radius 2 is 2.00 bits per heavy atom. The lowest BCUT2D eigenvalue weighted by Gasteiger charge is -2.16. The maximum Gasteiger partial charge on any atom is 0.0748 e. The Balaban J connectivity index is 2.73. The molecule has 78 valence electrons. The Hall–Kier alpha value is -1.52. The van der Waals surface area contributed by atoms with Crippen molar-refractivity contribution in [3.8, 4) is 11.8 Å². The fourth-order valence-corrected chi connectivity index (χ4v) is 1.24. The summed E-state index contributed by atoms with van der Waals surface area (Å²) >= 11 is 0. The predicted molar refractivity (Wildman–Crippen MR) is 65.6 cm³/mol. The lowest BCUT2D eigenvalue weighted by molar-refractivity contribution is 0.355. The Morgan fingerprint density at radius 1 is 1.33 bits per heavy atom. The molecule has 0 N–H and O–H groups in total. The molecule has 0 heterocycles. The van der Waals surface area contributed by atoms with Crippen molar-refractivity contribution >= 4 is 0 Å². The lowest BCUT2D eigenvalue weighted by atomic mass is 10.1. The molecule has 0 aliphatic heterocycles. The van der Waals surface area contributed by atoms with Crippen LogP contribution in [0.2, 0.25) is 0 Å². The number of rotatable bonds is 3. The van der Waals surface area contributed by atoms with Crippen molar-refractivity contribution in [1.82, 2.24) is 4.90 Å². The van der Waals surface area contributed by atoms with Crippen LogP contribution in [0.25, 0.3) is 0 Å². The maximum absolute atomic E-state index is 3.74. The van der Waals surface area contributed by atoms with Crippen LogP contribution in [-0.4, -0.2) is 25.0 Å². The molecule has 0 radical (unpaired) electrons. The quantitative estimate of drug-likeness (QED) is 0.534. The molecule has 0 amide bonds. The minimum absolute atomic E-state index is 0.253. The van der Waals surface area contributed by atoms with Crippen LogP contribution in [0.5, 0.6) is 0 Å². The van der Waals surface area contributed by atoms with Crippen LogP contribution in [0.3, 0.4) is 0 Å². The number of nitrogens with zero attached hydrogens (tertiary/aromatic N) is 1. The van der Waals surface area contributed by atoms with E-state index in [2.05, 4.69) is 23.3 Å². The van der Waals surface area contributed by atoms with E-state index in [4.69, 9.17) is 0 Å². The van der Waals surface area contributed by atoms with E-state index < -0.39 is 0 Å². The van der Waals surface area contributed by atoms with Crippen LogP contribution >= 0.6 is 0 Å². The summed E-state index contributed by atoms with van der Waals surface area (Å²) in [6, 6.07) is 10.3. The van der Waals surface area contributed by atoms with Crippen LogP contribution < -0.4 is 0 Å². The Kier molecular flexibility index (Phi) is 4.66. The van der Waals surface area contributed by atoms with E-state index in [1.54, 1.807) is 0 Å². The summed E-state index contributed by atoms with van der Waals surface area (Å²) in [6.07, 6.45) is 2.80. The van der Waals surface area contributed by atoms with Crippen molar-refractivity contribution in [3.63, 3.8) is 0 Å². The van der Waals surface area contributed by atoms with Crippen molar-refractivity contribution in [1.29, 1.82) is 0 Å². The van der Waals surface area contributed by atoms with Gasteiger partial charge in [0.25, 0.3) is 0 Å². The summed E-state index contributed by atoms with van der Waals surface area (Å²) in [5.41, 5.74) is 1.06. The van der Waals surface area contributed by atoms with Gasteiger partial charge in [-0.25, -0.2) is 0 Å². The Bertz CT molecular complexity index is 354. The number of hydrogen-bond acceptors (Lipinski definition) is 1. The van der Waals surface area contributed by atoms with Gasteiger partial charge >= 0.3 is 0 Å². The van der Waals surface area contributed by atoms with Crippen LogP contribution in [0, 0.1) is 11.8 Å². The van der Waals surface area contributed by atoms with Gasteiger partial charge in [0.2, 0.25) is 0 Å². The Morgan fingerprint density at radius 3 is 2.53 bits per heavy atom. The third-order valence-electron chi connectivity index (χ3n) is 2.17. The van der Waals surface area contributed by atoms with Gasteiger partial charge in [0.05, 0.1) is 6.04 Å². The lowest BCUT2D eigenvalue weighted by Crippen LogP contribution is -2.25. The van der Waals surface area contributed by atoms with E-state index in [1.165, 1.54) is 0 Å². The van der Waals surface area contributed by atoms with Gasteiger partial charge < -0.3 is 0 Å². The zero-order valence-corrected chi connectivity index (χ0v) is 9.40. The average Bonchev–Trinajstić information content (AvgIpc) is 2.25.